The van der Waals surface area contributed by atoms with Gasteiger partial charge in [-0.3, -0.25) is 0 Å². The number of carbonyl (C=O) groups is 4. The number of H-pyrrole nitrogens is 1. The summed E-state index contributed by atoms with van der Waals surface area (Å²) >= 11 is 0. The Bertz CT molecular complexity index is 1870. The van der Waals surface area contributed by atoms with Crippen molar-refractivity contribution in [1.29, 1.82) is 0 Å². The number of ether oxygens (including phenoxy) is 4. The van der Waals surface area contributed by atoms with Crippen LogP contribution in [0.4, 0.5) is 0 Å². The molecular formula is C34H33N3O15. The van der Waals surface area contributed by atoms with Gasteiger partial charge in [0.15, 0.2) is 37.0 Å². The SMILES string of the molecule is O=C([O-])c1ccc[n+](C2OC(COC(=O)c3ccc(O)cc3)C(O)C2O)c1.O=C([O-])c1ccc[n+](C2OC(COC(=O)c3ccc[nH]3)C(O)C2O)c1. The number of nitrogens with one attached hydrogen (secondary N) is 1. The van der Waals surface area contributed by atoms with Crippen LogP contribution in [-0.2, 0) is 18.9 Å². The Morgan fingerprint density at radius 1 is 0.654 bits per heavy atom. The predicted octanol–water partition coefficient (Wildman–Crippen LogP) is -3.34. The number of aromatic amines is 1. The number of aromatic carboxylic acids is 2. The number of aromatic nitrogens is 3. The molecular weight excluding hydrogens is 690 g/mol. The number of phenols is 1. The Morgan fingerprint density at radius 2 is 1.13 bits per heavy atom. The molecule has 2 fully saturated rings. The Labute approximate surface area is 293 Å². The molecule has 18 heteroatoms. The first-order chi connectivity index (χ1) is 24.8. The van der Waals surface area contributed by atoms with Crippen molar-refractivity contribution in [1.82, 2.24) is 4.98 Å². The number of esters is 2. The Hall–Kier alpha value is -5.76. The summed E-state index contributed by atoms with van der Waals surface area (Å²) in [6.07, 6.45) is -2.42. The highest BCUT2D eigenvalue weighted by molar-refractivity contribution is 5.89. The third-order valence-electron chi connectivity index (χ3n) is 8.06. The first kappa shape index (κ1) is 37.5. The third-order valence-corrected chi connectivity index (χ3v) is 8.06. The lowest BCUT2D eigenvalue weighted by atomic mass is 10.1. The summed E-state index contributed by atoms with van der Waals surface area (Å²) in [5.41, 5.74) is 0.230. The Balaban J connectivity index is 0.000000202. The van der Waals surface area contributed by atoms with Gasteiger partial charge >= 0.3 is 11.9 Å². The van der Waals surface area contributed by atoms with Crippen molar-refractivity contribution < 1.29 is 83.0 Å². The zero-order valence-electron chi connectivity index (χ0n) is 26.9. The summed E-state index contributed by atoms with van der Waals surface area (Å²) in [5.74, 6) is -4.07. The number of rotatable bonds is 10. The van der Waals surface area contributed by atoms with Gasteiger partial charge in [-0.25, -0.2) is 9.59 Å². The molecule has 0 radical (unpaired) electrons. The average molecular weight is 724 g/mol. The van der Waals surface area contributed by atoms with Crippen LogP contribution in [0.3, 0.4) is 0 Å². The van der Waals surface area contributed by atoms with Crippen LogP contribution in [0.2, 0.25) is 0 Å². The van der Waals surface area contributed by atoms with E-state index < -0.39 is 73.0 Å². The molecule has 18 nitrogen and oxygen atoms in total. The highest BCUT2D eigenvalue weighted by atomic mass is 16.6. The Kier molecular flexibility index (Phi) is 11.9. The van der Waals surface area contributed by atoms with Crippen LogP contribution in [0.1, 0.15) is 54.0 Å². The number of benzene rings is 1. The van der Waals surface area contributed by atoms with Crippen molar-refractivity contribution >= 4 is 23.9 Å². The summed E-state index contributed by atoms with van der Waals surface area (Å²) in [6, 6.07) is 14.1. The minimum atomic E-state index is -1.39. The number of carboxylic acid groups (broad SMARTS) is 2. The zero-order chi connectivity index (χ0) is 37.5. The largest absolute Gasteiger partial charge is 0.545 e. The van der Waals surface area contributed by atoms with Crippen LogP contribution < -0.4 is 19.3 Å². The van der Waals surface area contributed by atoms with Crippen LogP contribution in [0, 0.1) is 0 Å². The van der Waals surface area contributed by atoms with Crippen LogP contribution >= 0.6 is 0 Å². The van der Waals surface area contributed by atoms with Crippen LogP contribution in [-0.4, -0.2) is 104 Å². The molecule has 274 valence electrons. The van der Waals surface area contributed by atoms with Gasteiger partial charge in [-0.1, -0.05) is 0 Å². The number of carboxylic acids is 2. The van der Waals surface area contributed by atoms with Gasteiger partial charge in [-0.2, -0.15) is 9.13 Å². The molecule has 1 aromatic carbocycles. The van der Waals surface area contributed by atoms with E-state index in [4.69, 9.17) is 18.9 Å². The van der Waals surface area contributed by atoms with E-state index in [2.05, 4.69) is 4.98 Å². The van der Waals surface area contributed by atoms with E-state index in [0.29, 0.717) is 0 Å². The molecule has 6 rings (SSSR count). The average Bonchev–Trinajstić information content (AvgIpc) is 3.86. The van der Waals surface area contributed by atoms with Crippen molar-refractivity contribution in [3.63, 3.8) is 0 Å². The minimum Gasteiger partial charge on any atom is -0.545 e. The topological polar surface area (TPSA) is 276 Å². The summed E-state index contributed by atoms with van der Waals surface area (Å²) in [5, 5.41) is 71.7. The maximum Gasteiger partial charge on any atom is 0.354 e. The number of hydrogen-bond donors (Lipinski definition) is 6. The molecule has 8 atom stereocenters. The molecule has 0 saturated carbocycles. The molecule has 8 unspecified atom stereocenters. The summed E-state index contributed by atoms with van der Waals surface area (Å²) < 4.78 is 23.8. The molecule has 6 N–H and O–H groups in total. The van der Waals surface area contributed by atoms with E-state index in [1.54, 1.807) is 12.3 Å². The first-order valence-electron chi connectivity index (χ1n) is 15.6. The van der Waals surface area contributed by atoms with Crippen LogP contribution in [0.25, 0.3) is 0 Å². The Morgan fingerprint density at radius 3 is 1.58 bits per heavy atom. The van der Waals surface area contributed by atoms with E-state index in [9.17, 15) is 54.9 Å². The van der Waals surface area contributed by atoms with E-state index in [0.717, 1.165) is 0 Å². The van der Waals surface area contributed by atoms with Gasteiger partial charge in [-0.15, -0.1) is 0 Å². The summed E-state index contributed by atoms with van der Waals surface area (Å²) in [7, 11) is 0. The van der Waals surface area contributed by atoms with Crippen molar-refractivity contribution in [3.8, 4) is 5.75 Å². The molecule has 0 amide bonds. The lowest BCUT2D eigenvalue weighted by Gasteiger charge is -2.13. The van der Waals surface area contributed by atoms with Crippen LogP contribution in [0.5, 0.6) is 5.75 Å². The molecule has 0 spiro atoms. The number of aromatic hydroxyl groups is 1. The normalized spacial score (nSPS) is 25.1. The first-order valence-corrected chi connectivity index (χ1v) is 15.6. The zero-order valence-corrected chi connectivity index (χ0v) is 26.9. The van der Waals surface area contributed by atoms with Gasteiger partial charge < -0.3 is 69.3 Å². The molecule has 0 bridgehead atoms. The fourth-order valence-corrected chi connectivity index (χ4v) is 5.30. The highest BCUT2D eigenvalue weighted by Gasteiger charge is 2.50. The number of aliphatic hydroxyl groups is 4. The lowest BCUT2D eigenvalue weighted by molar-refractivity contribution is -0.766. The fraction of sp³-hybridized carbons (Fsp3) is 0.294. The standard InChI is InChI=1S/C18H17NO8.C16H16N2O7/c20-12-5-3-10(4-6-12)18(25)26-9-13-14(21)15(22)16(27-13)19-7-1-2-11(8-19)17(23)24;19-12-11(8-24-16(23)10-4-1-5-17-10)25-14(13(12)20)18-6-2-3-9(7-18)15(21)22/h1-8,13-16,21-22H,9H2,(H-,20,23,24,25);1-7,11-14,19-20H,8H2,(H-,17,21,22,23). The maximum atomic E-state index is 12.0. The van der Waals surface area contributed by atoms with Gasteiger partial charge in [0.2, 0.25) is 0 Å². The number of nitrogens with zero attached hydrogens (tertiary/aromatic N) is 2. The minimum absolute atomic E-state index is 0.00267. The molecule has 0 aliphatic carbocycles. The molecule has 2 aliphatic heterocycles. The van der Waals surface area contributed by atoms with Crippen molar-refractivity contribution in [3.05, 3.63) is 114 Å². The van der Waals surface area contributed by atoms with E-state index in [1.807, 2.05) is 0 Å². The summed E-state index contributed by atoms with van der Waals surface area (Å²) in [4.78, 5) is 48.4. The number of carbonyl (C=O) groups excluding carboxylic acids is 4. The quantitative estimate of drug-likeness (QED) is 0.0689. The molecule has 52 heavy (non-hydrogen) atoms. The monoisotopic (exact) mass is 723 g/mol. The summed E-state index contributed by atoms with van der Waals surface area (Å²) in [6.45, 7) is -0.595. The van der Waals surface area contributed by atoms with Gasteiger partial charge in [0.05, 0.1) is 28.6 Å². The fourth-order valence-electron chi connectivity index (χ4n) is 5.30. The van der Waals surface area contributed by atoms with E-state index in [1.165, 1.54) is 88.5 Å². The van der Waals surface area contributed by atoms with Gasteiger partial charge in [0, 0.05) is 18.3 Å². The van der Waals surface area contributed by atoms with Crippen molar-refractivity contribution in [2.45, 2.75) is 49.1 Å². The molecule has 4 aromatic rings. The molecule has 2 saturated heterocycles. The van der Waals surface area contributed by atoms with E-state index >= 15 is 0 Å². The predicted molar refractivity (Wildman–Crippen MR) is 163 cm³/mol. The van der Waals surface area contributed by atoms with Crippen molar-refractivity contribution in [2.75, 3.05) is 13.2 Å². The van der Waals surface area contributed by atoms with Crippen molar-refractivity contribution in [2.24, 2.45) is 0 Å². The lowest BCUT2D eigenvalue weighted by Crippen LogP contribution is -2.46. The van der Waals surface area contributed by atoms with E-state index in [-0.39, 0.29) is 41.3 Å². The smallest absolute Gasteiger partial charge is 0.354 e. The van der Waals surface area contributed by atoms with Crippen LogP contribution in [0.15, 0.2) is 91.6 Å². The van der Waals surface area contributed by atoms with Gasteiger partial charge in [-0.05, 0) is 48.5 Å². The second-order valence-corrected chi connectivity index (χ2v) is 11.6. The number of hydrogen-bond acceptors (Lipinski definition) is 15. The number of pyridine rings is 2. The number of aliphatic hydroxyl groups excluding tert-OH is 4. The third kappa shape index (κ3) is 8.75. The second-order valence-electron chi connectivity index (χ2n) is 11.6. The second kappa shape index (κ2) is 16.5. The van der Waals surface area contributed by atoms with Gasteiger partial charge in [0.25, 0.3) is 12.5 Å². The molecule has 5 heterocycles. The molecule has 2 aliphatic rings. The van der Waals surface area contributed by atoms with Gasteiger partial charge in [0.1, 0.15) is 49.1 Å². The number of phenolic OH excluding ortho intramolecular Hbond substituents is 1. The highest BCUT2D eigenvalue weighted by Crippen LogP contribution is 2.27. The molecule has 3 aromatic heterocycles. The maximum absolute atomic E-state index is 12.0.